The number of hydrogen-bond acceptors (Lipinski definition) is 3. The molecule has 1 N–H and O–H groups in total. The number of hydrazone groups is 1. The lowest BCUT2D eigenvalue weighted by atomic mass is 10.2. The third-order valence-electron chi connectivity index (χ3n) is 2.41. The van der Waals surface area contributed by atoms with Crippen molar-refractivity contribution < 1.29 is 9.18 Å². The average Bonchev–Trinajstić information content (AvgIpc) is 2.48. The van der Waals surface area contributed by atoms with Crippen molar-refractivity contribution in [1.82, 2.24) is 5.43 Å². The Kier molecular flexibility index (Phi) is 5.32. The Morgan fingerprint density at radius 1 is 1.15 bits per heavy atom. The van der Waals surface area contributed by atoms with Crippen molar-refractivity contribution in [3.8, 4) is 0 Å². The summed E-state index contributed by atoms with van der Waals surface area (Å²) in [5.74, 6) is -0.339. The summed E-state index contributed by atoms with van der Waals surface area (Å²) in [6, 6.07) is 15.8. The first-order valence-corrected chi connectivity index (χ1v) is 6.98. The van der Waals surface area contributed by atoms with Gasteiger partial charge in [-0.1, -0.05) is 36.4 Å². The molecule has 0 heterocycles. The lowest BCUT2D eigenvalue weighted by Crippen LogP contribution is -2.19. The van der Waals surface area contributed by atoms with E-state index >= 15 is 0 Å². The minimum atomic E-state index is -0.371. The van der Waals surface area contributed by atoms with E-state index in [0.717, 1.165) is 4.90 Å². The first kappa shape index (κ1) is 14.3. The quantitative estimate of drug-likeness (QED) is 0.522. The van der Waals surface area contributed by atoms with Gasteiger partial charge in [-0.3, -0.25) is 4.79 Å². The van der Waals surface area contributed by atoms with Gasteiger partial charge in [-0.05, 0) is 18.2 Å². The number of halogens is 1. The fourth-order valence-electron chi connectivity index (χ4n) is 1.45. The second kappa shape index (κ2) is 7.45. The van der Waals surface area contributed by atoms with Crippen LogP contribution in [0.3, 0.4) is 0 Å². The highest BCUT2D eigenvalue weighted by molar-refractivity contribution is 8.00. The summed E-state index contributed by atoms with van der Waals surface area (Å²) in [6.45, 7) is 0. The molecule has 0 spiro atoms. The third kappa shape index (κ3) is 4.51. The van der Waals surface area contributed by atoms with Crippen LogP contribution in [0.5, 0.6) is 0 Å². The number of hydrogen-bond donors (Lipinski definition) is 1. The maximum absolute atomic E-state index is 13.3. The molecule has 0 atom stereocenters. The average molecular weight is 288 g/mol. The summed E-state index contributed by atoms with van der Waals surface area (Å²) in [6.07, 6.45) is 1.29. The van der Waals surface area contributed by atoms with Crippen LogP contribution < -0.4 is 5.43 Å². The van der Waals surface area contributed by atoms with E-state index < -0.39 is 0 Å². The molecule has 0 saturated heterocycles. The van der Waals surface area contributed by atoms with Gasteiger partial charge in [0.15, 0.2) is 0 Å². The lowest BCUT2D eigenvalue weighted by molar-refractivity contribution is -0.118. The van der Waals surface area contributed by atoms with Crippen LogP contribution in [0.1, 0.15) is 5.56 Å². The molecule has 0 bridgehead atoms. The van der Waals surface area contributed by atoms with Gasteiger partial charge in [-0.15, -0.1) is 11.8 Å². The molecule has 1 amide bonds. The van der Waals surface area contributed by atoms with E-state index in [4.69, 9.17) is 0 Å². The van der Waals surface area contributed by atoms with Gasteiger partial charge in [-0.2, -0.15) is 5.10 Å². The van der Waals surface area contributed by atoms with Gasteiger partial charge in [0.25, 0.3) is 0 Å². The monoisotopic (exact) mass is 288 g/mol. The van der Waals surface area contributed by atoms with Crippen molar-refractivity contribution in [3.63, 3.8) is 0 Å². The van der Waals surface area contributed by atoms with E-state index in [2.05, 4.69) is 10.5 Å². The third-order valence-corrected chi connectivity index (χ3v) is 3.42. The van der Waals surface area contributed by atoms with Crippen LogP contribution in [0.15, 0.2) is 64.6 Å². The number of nitrogens with zero attached hydrogens (tertiary/aromatic N) is 1. The van der Waals surface area contributed by atoms with E-state index in [1.165, 1.54) is 24.0 Å². The van der Waals surface area contributed by atoms with Crippen LogP contribution in [-0.4, -0.2) is 17.9 Å². The molecule has 0 aliphatic heterocycles. The molecule has 0 unspecified atom stereocenters. The van der Waals surface area contributed by atoms with Crippen molar-refractivity contribution in [2.45, 2.75) is 4.90 Å². The molecule has 5 heteroatoms. The van der Waals surface area contributed by atoms with Crippen LogP contribution in [0.4, 0.5) is 4.39 Å². The van der Waals surface area contributed by atoms with E-state index in [9.17, 15) is 9.18 Å². The largest absolute Gasteiger partial charge is 0.272 e. The number of benzene rings is 2. The highest BCUT2D eigenvalue weighted by atomic mass is 32.2. The van der Waals surface area contributed by atoms with Crippen LogP contribution in [0.25, 0.3) is 0 Å². The molecule has 0 aliphatic rings. The molecule has 3 nitrogen and oxygen atoms in total. The number of amides is 1. The summed E-state index contributed by atoms with van der Waals surface area (Å²) in [4.78, 5) is 12.6. The molecule has 2 rings (SSSR count). The van der Waals surface area contributed by atoms with Gasteiger partial charge in [-0.25, -0.2) is 9.82 Å². The maximum atomic E-state index is 13.3. The Hall–Kier alpha value is -2.14. The minimum absolute atomic E-state index is 0.230. The summed E-state index contributed by atoms with van der Waals surface area (Å²) >= 11 is 1.42. The van der Waals surface area contributed by atoms with Gasteiger partial charge in [0.1, 0.15) is 5.82 Å². The Labute approximate surface area is 120 Å². The van der Waals surface area contributed by atoms with Gasteiger partial charge < -0.3 is 0 Å². The smallest absolute Gasteiger partial charge is 0.250 e. The fraction of sp³-hybridized carbons (Fsp3) is 0.0667. The second-order valence-corrected chi connectivity index (χ2v) is 4.97. The standard InChI is InChI=1S/C15H13FN2OS/c16-14-9-5-4-6-12(14)10-17-18-15(19)11-20-13-7-2-1-3-8-13/h1-10H,11H2,(H,18,19)/b17-10-. The van der Waals surface area contributed by atoms with Crippen molar-refractivity contribution in [2.24, 2.45) is 5.10 Å². The van der Waals surface area contributed by atoms with Gasteiger partial charge in [0, 0.05) is 10.5 Å². The predicted molar refractivity (Wildman–Crippen MR) is 79.3 cm³/mol. The molecule has 0 aliphatic carbocycles. The lowest BCUT2D eigenvalue weighted by Gasteiger charge is -2.00. The number of carbonyl (C=O) groups is 1. The molecule has 0 aromatic heterocycles. The molecule has 0 saturated carbocycles. The Morgan fingerprint density at radius 3 is 2.60 bits per heavy atom. The van der Waals surface area contributed by atoms with Crippen molar-refractivity contribution in [1.29, 1.82) is 0 Å². The normalized spacial score (nSPS) is 10.7. The zero-order valence-corrected chi connectivity index (χ0v) is 11.4. The van der Waals surface area contributed by atoms with E-state index in [1.807, 2.05) is 30.3 Å². The fourth-order valence-corrected chi connectivity index (χ4v) is 2.16. The molecular weight excluding hydrogens is 275 g/mol. The van der Waals surface area contributed by atoms with Crippen LogP contribution in [0, 0.1) is 5.82 Å². The molecule has 0 fully saturated rings. The highest BCUT2D eigenvalue weighted by Gasteiger charge is 2.01. The summed E-state index contributed by atoms with van der Waals surface area (Å²) in [7, 11) is 0. The predicted octanol–water partition coefficient (Wildman–Crippen LogP) is 3.07. The topological polar surface area (TPSA) is 41.5 Å². The Bertz CT molecular complexity index is 602. The number of rotatable bonds is 5. The minimum Gasteiger partial charge on any atom is -0.272 e. The van der Waals surface area contributed by atoms with Gasteiger partial charge in [0.05, 0.1) is 12.0 Å². The summed E-state index contributed by atoms with van der Waals surface area (Å²) in [5.41, 5.74) is 2.71. The molecule has 0 radical (unpaired) electrons. The molecule has 2 aromatic rings. The zero-order valence-electron chi connectivity index (χ0n) is 10.6. The molecule has 20 heavy (non-hydrogen) atoms. The van der Waals surface area contributed by atoms with Crippen molar-refractivity contribution in [2.75, 3.05) is 5.75 Å². The van der Waals surface area contributed by atoms with E-state index in [-0.39, 0.29) is 17.5 Å². The number of thioether (sulfide) groups is 1. The number of carbonyl (C=O) groups excluding carboxylic acids is 1. The van der Waals surface area contributed by atoms with Crippen molar-refractivity contribution in [3.05, 3.63) is 66.0 Å². The zero-order chi connectivity index (χ0) is 14.2. The molecule has 2 aromatic carbocycles. The van der Waals surface area contributed by atoms with Gasteiger partial charge >= 0.3 is 0 Å². The van der Waals surface area contributed by atoms with Crippen LogP contribution in [-0.2, 0) is 4.79 Å². The first-order chi connectivity index (χ1) is 9.75. The van der Waals surface area contributed by atoms with E-state index in [1.54, 1.807) is 18.2 Å². The van der Waals surface area contributed by atoms with E-state index in [0.29, 0.717) is 5.56 Å². The first-order valence-electron chi connectivity index (χ1n) is 6.00. The number of nitrogens with one attached hydrogen (secondary N) is 1. The van der Waals surface area contributed by atoms with Crippen molar-refractivity contribution >= 4 is 23.9 Å². The SMILES string of the molecule is O=C(CSc1ccccc1)N/N=C\c1ccccc1F. The Morgan fingerprint density at radius 2 is 1.85 bits per heavy atom. The molecular formula is C15H13FN2OS. The van der Waals surface area contributed by atoms with Crippen LogP contribution >= 0.6 is 11.8 Å². The van der Waals surface area contributed by atoms with Crippen LogP contribution in [0.2, 0.25) is 0 Å². The molecule has 102 valence electrons. The highest BCUT2D eigenvalue weighted by Crippen LogP contribution is 2.16. The van der Waals surface area contributed by atoms with Gasteiger partial charge in [0.2, 0.25) is 5.91 Å². The maximum Gasteiger partial charge on any atom is 0.250 e. The summed E-state index contributed by atoms with van der Waals surface area (Å²) < 4.78 is 13.3. The Balaban J connectivity index is 1.79. The second-order valence-electron chi connectivity index (χ2n) is 3.92. The summed E-state index contributed by atoms with van der Waals surface area (Å²) in [5, 5.41) is 3.74.